The second-order valence-corrected chi connectivity index (χ2v) is 6.69. The minimum Gasteiger partial charge on any atom is -0.346 e. The Hall–Kier alpha value is -2.18. The summed E-state index contributed by atoms with van der Waals surface area (Å²) in [4.78, 5) is 17.2. The van der Waals surface area contributed by atoms with E-state index >= 15 is 0 Å². The number of nitrogens with zero attached hydrogens (tertiary/aromatic N) is 4. The van der Waals surface area contributed by atoms with Crippen LogP contribution in [0, 0.1) is 0 Å². The number of rotatable bonds is 6. The molecule has 0 saturated carbocycles. The van der Waals surface area contributed by atoms with Gasteiger partial charge < -0.3 is 10.2 Å². The first-order valence-electron chi connectivity index (χ1n) is 8.93. The molecule has 2 heterocycles. The minimum absolute atomic E-state index is 0.0746. The maximum absolute atomic E-state index is 12.6. The van der Waals surface area contributed by atoms with E-state index in [1.165, 1.54) is 0 Å². The fourth-order valence-corrected chi connectivity index (χ4v) is 3.22. The zero-order valence-corrected chi connectivity index (χ0v) is 14.8. The van der Waals surface area contributed by atoms with Crippen molar-refractivity contribution in [2.45, 2.75) is 19.0 Å². The molecule has 0 bridgehead atoms. The summed E-state index contributed by atoms with van der Waals surface area (Å²) in [5, 5.41) is 7.47. The lowest BCUT2D eigenvalue weighted by atomic mass is 10.1. The molecule has 0 radical (unpaired) electrons. The van der Waals surface area contributed by atoms with Crippen molar-refractivity contribution < 1.29 is 4.79 Å². The van der Waals surface area contributed by atoms with Crippen molar-refractivity contribution in [3.05, 3.63) is 54.4 Å². The molecule has 0 unspecified atom stereocenters. The molecular weight excluding hydrogens is 314 g/mol. The number of benzene rings is 1. The average molecular weight is 341 g/mol. The highest BCUT2D eigenvalue weighted by Crippen LogP contribution is 2.15. The maximum Gasteiger partial charge on any atom is 0.234 e. The summed E-state index contributed by atoms with van der Waals surface area (Å²) in [5.41, 5.74) is 1.10. The van der Waals surface area contributed by atoms with E-state index in [9.17, 15) is 4.79 Å². The molecule has 1 saturated heterocycles. The van der Waals surface area contributed by atoms with E-state index < -0.39 is 0 Å². The zero-order valence-electron chi connectivity index (χ0n) is 14.8. The van der Waals surface area contributed by atoms with Crippen molar-refractivity contribution in [1.82, 2.24) is 24.9 Å². The van der Waals surface area contributed by atoms with Gasteiger partial charge in [-0.05, 0) is 38.2 Å². The van der Waals surface area contributed by atoms with Crippen molar-refractivity contribution >= 4 is 5.91 Å². The SMILES string of the molecule is CN1CCCN(CC(=O)N[C@@H](Cn2cccn2)c2ccccc2)CC1. The van der Waals surface area contributed by atoms with Gasteiger partial charge in [0.15, 0.2) is 0 Å². The topological polar surface area (TPSA) is 53.4 Å². The van der Waals surface area contributed by atoms with Crippen molar-refractivity contribution in [1.29, 1.82) is 0 Å². The number of aromatic nitrogens is 2. The van der Waals surface area contributed by atoms with Gasteiger partial charge in [-0.15, -0.1) is 0 Å². The highest BCUT2D eigenvalue weighted by molar-refractivity contribution is 5.78. The van der Waals surface area contributed by atoms with Crippen molar-refractivity contribution in [3.63, 3.8) is 0 Å². The molecule has 0 aliphatic carbocycles. The Morgan fingerprint density at radius 2 is 2.00 bits per heavy atom. The largest absolute Gasteiger partial charge is 0.346 e. The highest BCUT2D eigenvalue weighted by atomic mass is 16.2. The van der Waals surface area contributed by atoms with E-state index in [0.29, 0.717) is 13.1 Å². The molecule has 1 amide bonds. The summed E-state index contributed by atoms with van der Waals surface area (Å²) in [6.45, 7) is 5.13. The summed E-state index contributed by atoms with van der Waals surface area (Å²) < 4.78 is 1.86. The van der Waals surface area contributed by atoms with Gasteiger partial charge in [0.1, 0.15) is 0 Å². The smallest absolute Gasteiger partial charge is 0.234 e. The summed E-state index contributed by atoms with van der Waals surface area (Å²) in [7, 11) is 2.14. The third-order valence-corrected chi connectivity index (χ3v) is 4.65. The number of carbonyl (C=O) groups is 1. The summed E-state index contributed by atoms with van der Waals surface area (Å²) in [6.07, 6.45) is 4.80. The average Bonchev–Trinajstić information content (AvgIpc) is 3.04. The number of hydrogen-bond acceptors (Lipinski definition) is 4. The van der Waals surface area contributed by atoms with Crippen molar-refractivity contribution in [2.24, 2.45) is 0 Å². The Bertz CT molecular complexity index is 643. The number of amides is 1. The van der Waals surface area contributed by atoms with Crippen LogP contribution in [0.1, 0.15) is 18.0 Å². The Morgan fingerprint density at radius 1 is 1.16 bits per heavy atom. The van der Waals surface area contributed by atoms with Crippen LogP contribution in [0.25, 0.3) is 0 Å². The lowest BCUT2D eigenvalue weighted by molar-refractivity contribution is -0.123. The fourth-order valence-electron chi connectivity index (χ4n) is 3.22. The summed E-state index contributed by atoms with van der Waals surface area (Å²) in [6, 6.07) is 11.9. The second kappa shape index (κ2) is 8.78. The van der Waals surface area contributed by atoms with Crippen LogP contribution in [0.3, 0.4) is 0 Å². The first-order chi connectivity index (χ1) is 12.2. The Kier molecular flexibility index (Phi) is 6.19. The first-order valence-corrected chi connectivity index (χ1v) is 8.93. The predicted molar refractivity (Wildman–Crippen MR) is 98.1 cm³/mol. The van der Waals surface area contributed by atoms with Crippen LogP contribution >= 0.6 is 0 Å². The molecule has 1 aromatic carbocycles. The van der Waals surface area contributed by atoms with E-state index in [1.807, 2.05) is 35.1 Å². The molecule has 1 aliphatic heterocycles. The molecule has 6 heteroatoms. The fraction of sp³-hybridized carbons (Fsp3) is 0.474. The molecule has 1 fully saturated rings. The minimum atomic E-state index is -0.0803. The van der Waals surface area contributed by atoms with Gasteiger partial charge in [-0.3, -0.25) is 14.4 Å². The first kappa shape index (κ1) is 17.6. The molecule has 6 nitrogen and oxygen atoms in total. The van der Waals surface area contributed by atoms with Gasteiger partial charge in [-0.2, -0.15) is 5.10 Å². The monoisotopic (exact) mass is 341 g/mol. The van der Waals surface area contributed by atoms with Crippen LogP contribution < -0.4 is 5.32 Å². The summed E-state index contributed by atoms with van der Waals surface area (Å²) in [5.74, 6) is 0.0746. The van der Waals surface area contributed by atoms with Gasteiger partial charge in [-0.25, -0.2) is 0 Å². The van der Waals surface area contributed by atoms with Crippen LogP contribution in [0.5, 0.6) is 0 Å². The van der Waals surface area contributed by atoms with Crippen LogP contribution in [0.4, 0.5) is 0 Å². The molecule has 0 spiro atoms. The van der Waals surface area contributed by atoms with E-state index in [4.69, 9.17) is 0 Å². The van der Waals surface area contributed by atoms with Gasteiger partial charge in [0.05, 0.1) is 19.1 Å². The third-order valence-electron chi connectivity index (χ3n) is 4.65. The van der Waals surface area contributed by atoms with E-state index in [0.717, 1.165) is 38.2 Å². The molecule has 134 valence electrons. The summed E-state index contributed by atoms with van der Waals surface area (Å²) >= 11 is 0. The van der Waals surface area contributed by atoms with Crippen LogP contribution in [0.15, 0.2) is 48.8 Å². The van der Waals surface area contributed by atoms with Crippen molar-refractivity contribution in [3.8, 4) is 0 Å². The highest BCUT2D eigenvalue weighted by Gasteiger charge is 2.19. The molecule has 1 aliphatic rings. The van der Waals surface area contributed by atoms with Gasteiger partial charge in [0.25, 0.3) is 0 Å². The quantitative estimate of drug-likeness (QED) is 0.862. The van der Waals surface area contributed by atoms with Gasteiger partial charge >= 0.3 is 0 Å². The van der Waals surface area contributed by atoms with Gasteiger partial charge in [0.2, 0.25) is 5.91 Å². The molecule has 25 heavy (non-hydrogen) atoms. The van der Waals surface area contributed by atoms with Crippen LogP contribution in [0.2, 0.25) is 0 Å². The van der Waals surface area contributed by atoms with Crippen LogP contribution in [-0.4, -0.2) is 65.3 Å². The predicted octanol–water partition coefficient (Wildman–Crippen LogP) is 1.38. The lowest BCUT2D eigenvalue weighted by Gasteiger charge is -2.23. The number of carbonyl (C=O) groups excluding carboxylic acids is 1. The maximum atomic E-state index is 12.6. The molecule has 1 aromatic heterocycles. The molecule has 1 N–H and O–H groups in total. The lowest BCUT2D eigenvalue weighted by Crippen LogP contribution is -2.41. The Labute approximate surface area is 149 Å². The number of nitrogens with one attached hydrogen (secondary N) is 1. The molecule has 2 aromatic rings. The van der Waals surface area contributed by atoms with E-state index in [-0.39, 0.29) is 11.9 Å². The van der Waals surface area contributed by atoms with Gasteiger partial charge in [0, 0.05) is 25.5 Å². The standard InChI is InChI=1S/C19H27N5O/c1-22-10-6-11-23(14-13-22)16-19(25)21-18(15-24-12-5-9-20-24)17-7-3-2-4-8-17/h2-5,7-9,12,18H,6,10-11,13-16H2,1H3,(H,21,25)/t18-/m0/s1. The van der Waals surface area contributed by atoms with Gasteiger partial charge in [-0.1, -0.05) is 30.3 Å². The van der Waals surface area contributed by atoms with E-state index in [1.54, 1.807) is 6.20 Å². The molecule has 1 atom stereocenters. The third kappa shape index (κ3) is 5.41. The number of likely N-dealkylation sites (N-methyl/N-ethyl adjacent to an activating group) is 1. The Morgan fingerprint density at radius 3 is 2.76 bits per heavy atom. The molecular formula is C19H27N5O. The molecule has 3 rings (SSSR count). The zero-order chi connectivity index (χ0) is 17.5. The second-order valence-electron chi connectivity index (χ2n) is 6.69. The Balaban J connectivity index is 1.62. The number of hydrogen-bond donors (Lipinski definition) is 1. The van der Waals surface area contributed by atoms with Crippen LogP contribution in [-0.2, 0) is 11.3 Å². The van der Waals surface area contributed by atoms with E-state index in [2.05, 4.69) is 39.4 Å². The normalized spacial score (nSPS) is 17.8. The van der Waals surface area contributed by atoms with Crippen molar-refractivity contribution in [2.75, 3.05) is 39.8 Å².